The second kappa shape index (κ2) is 7.26. The minimum absolute atomic E-state index is 0.00664. The molecule has 21 heavy (non-hydrogen) atoms. The zero-order chi connectivity index (χ0) is 16.2. The molecule has 2 amide bonds. The van der Waals surface area contributed by atoms with Crippen LogP contribution in [0.3, 0.4) is 0 Å². The molecule has 0 unspecified atom stereocenters. The molecule has 118 valence electrons. The number of aromatic nitrogens is 1. The first-order chi connectivity index (χ1) is 9.76. The number of nitrogen functional groups attached to an aromatic ring is 1. The fraction of sp³-hybridized carbons (Fsp3) is 0.615. The highest BCUT2D eigenvalue weighted by atomic mass is 32.1. The molecule has 0 atom stereocenters. The van der Waals surface area contributed by atoms with Gasteiger partial charge in [0, 0.05) is 26.7 Å². The number of likely N-dealkylation sites (N-methyl/N-ethyl adjacent to an activating group) is 1. The summed E-state index contributed by atoms with van der Waals surface area (Å²) in [7, 11) is 3.46. The van der Waals surface area contributed by atoms with E-state index in [2.05, 4.69) is 10.3 Å². The van der Waals surface area contributed by atoms with Crippen molar-refractivity contribution in [2.75, 3.05) is 37.8 Å². The number of thiazole rings is 1. The van der Waals surface area contributed by atoms with Gasteiger partial charge in [0.15, 0.2) is 5.13 Å². The van der Waals surface area contributed by atoms with Gasteiger partial charge in [-0.3, -0.25) is 9.59 Å². The number of rotatable bonds is 6. The molecule has 1 aromatic rings. The quantitative estimate of drug-likeness (QED) is 0.810. The normalized spacial score (nSPS) is 10.6. The molecule has 0 saturated heterocycles. The van der Waals surface area contributed by atoms with Crippen molar-refractivity contribution in [3.8, 4) is 0 Å². The average molecular weight is 313 g/mol. The Kier molecular flexibility index (Phi) is 5.95. The molecule has 3 N–H and O–H groups in total. The van der Waals surface area contributed by atoms with Crippen LogP contribution < -0.4 is 16.0 Å². The fourth-order valence-corrected chi connectivity index (χ4v) is 2.60. The van der Waals surface area contributed by atoms with E-state index in [4.69, 9.17) is 5.73 Å². The number of nitrogens with zero attached hydrogens (tertiary/aromatic N) is 3. The van der Waals surface area contributed by atoms with Gasteiger partial charge in [-0.05, 0) is 20.8 Å². The maximum Gasteiger partial charge on any atom is 0.268 e. The highest BCUT2D eigenvalue weighted by Crippen LogP contribution is 2.28. The summed E-state index contributed by atoms with van der Waals surface area (Å²) in [5.41, 5.74) is 5.81. The number of nitrogens with one attached hydrogen (secondary N) is 1. The fourth-order valence-electron chi connectivity index (χ4n) is 1.60. The van der Waals surface area contributed by atoms with E-state index in [0.29, 0.717) is 10.0 Å². The molecule has 1 heterocycles. The summed E-state index contributed by atoms with van der Waals surface area (Å²) < 4.78 is 0. The minimum Gasteiger partial charge on any atom is -0.382 e. The predicted octanol–water partition coefficient (Wildman–Crippen LogP) is 0.778. The number of amides is 2. The summed E-state index contributed by atoms with van der Waals surface area (Å²) in [4.78, 5) is 31.8. The van der Waals surface area contributed by atoms with Crippen molar-refractivity contribution in [1.82, 2.24) is 15.2 Å². The van der Waals surface area contributed by atoms with E-state index in [-0.39, 0.29) is 30.2 Å². The Morgan fingerprint density at radius 2 is 2.00 bits per heavy atom. The topological polar surface area (TPSA) is 91.6 Å². The zero-order valence-corrected chi connectivity index (χ0v) is 14.0. The lowest BCUT2D eigenvalue weighted by Crippen LogP contribution is -2.40. The molecule has 0 aromatic carbocycles. The molecule has 8 heteroatoms. The van der Waals surface area contributed by atoms with Crippen LogP contribution >= 0.6 is 11.3 Å². The van der Waals surface area contributed by atoms with Crippen LogP contribution in [0.4, 0.5) is 10.9 Å². The third kappa shape index (κ3) is 4.59. The Balaban J connectivity index is 2.78. The van der Waals surface area contributed by atoms with Gasteiger partial charge in [-0.25, -0.2) is 4.98 Å². The lowest BCUT2D eigenvalue weighted by molar-refractivity contribution is -0.122. The maximum atomic E-state index is 12.3. The van der Waals surface area contributed by atoms with Gasteiger partial charge in [0.1, 0.15) is 10.7 Å². The van der Waals surface area contributed by atoms with E-state index in [1.165, 1.54) is 16.2 Å². The van der Waals surface area contributed by atoms with Gasteiger partial charge >= 0.3 is 0 Å². The third-order valence-electron chi connectivity index (χ3n) is 2.81. The summed E-state index contributed by atoms with van der Waals surface area (Å²) in [6.07, 6.45) is 0. The van der Waals surface area contributed by atoms with Crippen molar-refractivity contribution in [2.24, 2.45) is 0 Å². The summed E-state index contributed by atoms with van der Waals surface area (Å²) in [5.74, 6) is -0.286. The van der Waals surface area contributed by atoms with Crippen molar-refractivity contribution >= 4 is 34.1 Å². The van der Waals surface area contributed by atoms with Crippen molar-refractivity contribution in [2.45, 2.75) is 26.8 Å². The molecule has 0 spiro atoms. The van der Waals surface area contributed by atoms with Crippen molar-refractivity contribution in [3.63, 3.8) is 0 Å². The molecule has 0 bridgehead atoms. The Labute approximate surface area is 129 Å². The first-order valence-electron chi connectivity index (χ1n) is 6.78. The van der Waals surface area contributed by atoms with Crippen LogP contribution in [-0.2, 0) is 4.79 Å². The van der Waals surface area contributed by atoms with Crippen LogP contribution in [0.15, 0.2) is 0 Å². The Morgan fingerprint density at radius 3 is 2.52 bits per heavy atom. The minimum atomic E-state index is -0.292. The van der Waals surface area contributed by atoms with Gasteiger partial charge in [-0.2, -0.15) is 0 Å². The predicted molar refractivity (Wildman–Crippen MR) is 85.7 cm³/mol. The van der Waals surface area contributed by atoms with Gasteiger partial charge in [-0.1, -0.05) is 11.3 Å². The molecule has 0 fully saturated rings. The SMILES string of the molecule is CCN(C)c1nc(N)c(C(=O)N(C)CC(=O)NC(C)C)s1. The molecule has 0 aliphatic heterocycles. The Hall–Kier alpha value is -1.83. The molecular formula is C13H23N5O2S. The molecule has 0 aliphatic carbocycles. The smallest absolute Gasteiger partial charge is 0.268 e. The first kappa shape index (κ1) is 17.2. The molecule has 1 rings (SSSR count). The van der Waals surface area contributed by atoms with Crippen LogP contribution in [-0.4, -0.2) is 54.9 Å². The average Bonchev–Trinajstić information content (AvgIpc) is 2.77. The van der Waals surface area contributed by atoms with Crippen molar-refractivity contribution in [1.29, 1.82) is 0 Å². The number of carbonyl (C=O) groups is 2. The van der Waals surface area contributed by atoms with Crippen LogP contribution in [0.2, 0.25) is 0 Å². The molecule has 0 aliphatic rings. The molecule has 1 aromatic heterocycles. The molecule has 7 nitrogen and oxygen atoms in total. The van der Waals surface area contributed by atoms with Gasteiger partial charge < -0.3 is 20.9 Å². The highest BCUT2D eigenvalue weighted by molar-refractivity contribution is 7.18. The monoisotopic (exact) mass is 313 g/mol. The van der Waals surface area contributed by atoms with Crippen LogP contribution in [0.1, 0.15) is 30.4 Å². The summed E-state index contributed by atoms with van der Waals surface area (Å²) >= 11 is 1.24. The van der Waals surface area contributed by atoms with Gasteiger partial charge in [0.2, 0.25) is 5.91 Å². The number of anilines is 2. The van der Waals surface area contributed by atoms with Crippen molar-refractivity contribution < 1.29 is 9.59 Å². The van der Waals surface area contributed by atoms with Gasteiger partial charge in [0.25, 0.3) is 5.91 Å². The highest BCUT2D eigenvalue weighted by Gasteiger charge is 2.22. The molecule has 0 saturated carbocycles. The van der Waals surface area contributed by atoms with E-state index in [1.807, 2.05) is 32.7 Å². The van der Waals surface area contributed by atoms with E-state index < -0.39 is 0 Å². The number of nitrogens with two attached hydrogens (primary N) is 1. The van der Waals surface area contributed by atoms with Crippen molar-refractivity contribution in [3.05, 3.63) is 4.88 Å². The third-order valence-corrected chi connectivity index (χ3v) is 3.99. The lowest BCUT2D eigenvalue weighted by atomic mass is 10.3. The number of hydrogen-bond acceptors (Lipinski definition) is 6. The first-order valence-corrected chi connectivity index (χ1v) is 7.60. The van der Waals surface area contributed by atoms with E-state index in [0.717, 1.165) is 6.54 Å². The second-order valence-corrected chi connectivity index (χ2v) is 6.09. The number of hydrogen-bond donors (Lipinski definition) is 2. The van der Waals surface area contributed by atoms with Crippen LogP contribution in [0, 0.1) is 0 Å². The molecule has 0 radical (unpaired) electrons. The summed E-state index contributed by atoms with van der Waals surface area (Å²) in [5, 5.41) is 3.44. The van der Waals surface area contributed by atoms with Gasteiger partial charge in [-0.15, -0.1) is 0 Å². The van der Waals surface area contributed by atoms with E-state index in [1.54, 1.807) is 7.05 Å². The van der Waals surface area contributed by atoms with E-state index in [9.17, 15) is 9.59 Å². The second-order valence-electron chi connectivity index (χ2n) is 5.11. The zero-order valence-electron chi connectivity index (χ0n) is 13.1. The number of carbonyl (C=O) groups excluding carboxylic acids is 2. The van der Waals surface area contributed by atoms with Crippen LogP contribution in [0.25, 0.3) is 0 Å². The standard InChI is InChI=1S/C13H23N5O2S/c1-6-17(4)13-16-11(14)10(21-13)12(20)18(5)7-9(19)15-8(2)3/h8H,6-7,14H2,1-5H3,(H,15,19). The maximum absolute atomic E-state index is 12.3. The summed E-state index contributed by atoms with van der Waals surface area (Å²) in [6, 6.07) is 0.0410. The Morgan fingerprint density at radius 1 is 1.38 bits per heavy atom. The largest absolute Gasteiger partial charge is 0.382 e. The van der Waals surface area contributed by atoms with Gasteiger partial charge in [0.05, 0.1) is 6.54 Å². The summed E-state index contributed by atoms with van der Waals surface area (Å²) in [6.45, 7) is 6.49. The van der Waals surface area contributed by atoms with Crippen LogP contribution in [0.5, 0.6) is 0 Å². The lowest BCUT2D eigenvalue weighted by Gasteiger charge is -2.17. The van der Waals surface area contributed by atoms with E-state index >= 15 is 0 Å². The Bertz CT molecular complexity index is 515. The molecular weight excluding hydrogens is 290 g/mol.